The van der Waals surface area contributed by atoms with Crippen LogP contribution in [0.5, 0.6) is 0 Å². The Balaban J connectivity index is 0.000000155. The molecule has 0 amide bonds. The topological polar surface area (TPSA) is 6.48 Å². The van der Waals surface area contributed by atoms with Crippen molar-refractivity contribution in [3.05, 3.63) is 345 Å². The molecule has 2 nitrogen and oxygen atoms in total. The van der Waals surface area contributed by atoms with E-state index in [1.165, 1.54) is 136 Å². The van der Waals surface area contributed by atoms with Gasteiger partial charge >= 0.3 is 0 Å². The van der Waals surface area contributed by atoms with Crippen LogP contribution in [0.4, 0.5) is 34.1 Å². The molecule has 2 aliphatic rings. The summed E-state index contributed by atoms with van der Waals surface area (Å²) in [5.74, 6) is 0. The van der Waals surface area contributed by atoms with Crippen LogP contribution in [-0.2, 0) is 0 Å². The lowest BCUT2D eigenvalue weighted by Gasteiger charge is -2.45. The zero-order valence-corrected chi connectivity index (χ0v) is 49.3. The lowest BCUT2D eigenvalue weighted by Crippen LogP contribution is -2.75. The summed E-state index contributed by atoms with van der Waals surface area (Å²) in [5, 5.41) is 15.8. The van der Waals surface area contributed by atoms with Gasteiger partial charge in [-0.2, -0.15) is 0 Å². The van der Waals surface area contributed by atoms with Gasteiger partial charge in [-0.3, -0.25) is 0 Å². The fourth-order valence-corrected chi connectivity index (χ4v) is 19.4. The Morgan fingerprint density at radius 2 is 0.713 bits per heavy atom. The van der Waals surface area contributed by atoms with Gasteiger partial charge in [0.1, 0.15) is 0 Å². The van der Waals surface area contributed by atoms with Crippen molar-refractivity contribution in [3.63, 3.8) is 0 Å². The minimum Gasteiger partial charge on any atom is -0.311 e. The first-order valence-corrected chi connectivity index (χ1v) is 32.3. The van der Waals surface area contributed by atoms with Crippen molar-refractivity contribution in [2.24, 2.45) is 0 Å². The molecule has 87 heavy (non-hydrogen) atoms. The zero-order chi connectivity index (χ0) is 57.8. The van der Waals surface area contributed by atoms with Crippen LogP contribution >= 0.6 is 0 Å². The van der Waals surface area contributed by atoms with Crippen LogP contribution in [0.25, 0.3) is 65.3 Å². The minimum absolute atomic E-state index is 0.0423. The molecule has 0 radical (unpaired) electrons. The standard InChI is InChI=1S/C49H37BN2Si.C34H22/c1-36-33-47-49-48(34-36)52(38-21-9-3-10-22-38)46-32-31-42(35-44(46)50(49)43-29-17-18-30-45(43)51(47)37-19-7-2-8-20-37)53(39-23-11-4-12-24-39,40-25-13-5-14-26-40)41-27-15-6-16-28-41;1-2-12-25-22-26(21-20-23(25)10-1)33-29-15-5-7-17-31(29)34(32-18-8-6-16-30(32)33)28-19-9-13-24-11-3-4-14-27(24)28/h2-35H,1H3;1-22H. The number of benzene rings is 15. The maximum absolute atomic E-state index is 2.79. The second-order valence-corrected chi connectivity index (χ2v) is 26.9. The number of nitrogens with zero attached hydrogens (tertiary/aromatic N) is 2. The molecule has 0 spiro atoms. The summed E-state index contributed by atoms with van der Waals surface area (Å²) in [6.45, 7) is 2.28. The van der Waals surface area contributed by atoms with Gasteiger partial charge in [-0.25, -0.2) is 0 Å². The van der Waals surface area contributed by atoms with Crippen molar-refractivity contribution < 1.29 is 0 Å². The normalized spacial score (nSPS) is 12.4. The molecule has 0 fully saturated rings. The van der Waals surface area contributed by atoms with Crippen molar-refractivity contribution in [2.45, 2.75) is 6.92 Å². The summed E-state index contributed by atoms with van der Waals surface area (Å²) in [7, 11) is -2.79. The molecular formula is C83H59BN2Si. The molecular weight excluding hydrogens is 1060 g/mol. The zero-order valence-electron chi connectivity index (χ0n) is 48.3. The highest BCUT2D eigenvalue weighted by Crippen LogP contribution is 2.47. The molecule has 4 heteroatoms. The lowest BCUT2D eigenvalue weighted by atomic mass is 9.33. The number of hydrogen-bond donors (Lipinski definition) is 0. The van der Waals surface area contributed by atoms with Gasteiger partial charge in [0.05, 0.1) is 0 Å². The maximum atomic E-state index is 2.59. The van der Waals surface area contributed by atoms with Gasteiger partial charge in [-0.1, -0.05) is 285 Å². The van der Waals surface area contributed by atoms with Crippen molar-refractivity contribution >= 4 is 129 Å². The molecule has 2 aliphatic heterocycles. The number of para-hydroxylation sites is 3. The Bertz CT molecular complexity index is 4900. The molecule has 17 rings (SSSR count). The van der Waals surface area contributed by atoms with Crippen LogP contribution in [0.3, 0.4) is 0 Å². The van der Waals surface area contributed by atoms with Crippen LogP contribution in [0, 0.1) is 6.92 Å². The first-order chi connectivity index (χ1) is 43.1. The van der Waals surface area contributed by atoms with E-state index in [-0.39, 0.29) is 6.71 Å². The van der Waals surface area contributed by atoms with Crippen molar-refractivity contribution in [3.8, 4) is 22.3 Å². The average molecular weight is 1120 g/mol. The third-order valence-corrected chi connectivity index (χ3v) is 23.0. The lowest BCUT2D eigenvalue weighted by molar-refractivity contribution is 1.24. The number of aryl methyl sites for hydroxylation is 1. The predicted octanol–water partition coefficient (Wildman–Crippen LogP) is 17.1. The van der Waals surface area contributed by atoms with Crippen molar-refractivity contribution in [2.75, 3.05) is 9.80 Å². The first-order valence-electron chi connectivity index (χ1n) is 30.3. The predicted molar refractivity (Wildman–Crippen MR) is 376 cm³/mol. The molecule has 0 bridgehead atoms. The van der Waals surface area contributed by atoms with E-state index in [1.807, 2.05) is 0 Å². The average Bonchev–Trinajstić information content (AvgIpc) is 0.739. The number of hydrogen-bond acceptors (Lipinski definition) is 2. The van der Waals surface area contributed by atoms with Gasteiger partial charge in [0, 0.05) is 34.1 Å². The first kappa shape index (κ1) is 51.8. The van der Waals surface area contributed by atoms with Crippen LogP contribution in [0.15, 0.2) is 340 Å². The highest BCUT2D eigenvalue weighted by Gasteiger charge is 2.46. The third-order valence-electron chi connectivity index (χ3n) is 18.2. The molecule has 0 N–H and O–H groups in total. The summed E-state index contributed by atoms with van der Waals surface area (Å²) >= 11 is 0. The molecule has 0 saturated carbocycles. The van der Waals surface area contributed by atoms with E-state index in [4.69, 9.17) is 0 Å². The highest BCUT2D eigenvalue weighted by atomic mass is 28.3. The SMILES string of the molecule is Cc1cc2c3c(c1)N(c1ccccc1)c1ccc([Si](c4ccccc4)(c4ccccc4)c4ccccc4)cc1B3c1ccccc1N2c1ccccc1.c1ccc2cc(-c3c4ccccc4c(-c4cccc5ccccc45)c4ccccc34)ccc2c1. The van der Waals surface area contributed by atoms with E-state index in [0.717, 1.165) is 5.69 Å². The fourth-order valence-electron chi connectivity index (χ4n) is 14.6. The van der Waals surface area contributed by atoms with Gasteiger partial charge in [-0.15, -0.1) is 0 Å². The van der Waals surface area contributed by atoms with Gasteiger partial charge < -0.3 is 9.80 Å². The number of fused-ring (bicyclic) bond motifs is 8. The quantitative estimate of drug-likeness (QED) is 0.0850. The van der Waals surface area contributed by atoms with Crippen molar-refractivity contribution in [1.29, 1.82) is 0 Å². The van der Waals surface area contributed by atoms with Gasteiger partial charge in [0.2, 0.25) is 0 Å². The molecule has 0 unspecified atom stereocenters. The number of rotatable bonds is 8. The van der Waals surface area contributed by atoms with Crippen LogP contribution in [0.1, 0.15) is 5.56 Å². The van der Waals surface area contributed by atoms with E-state index in [0.29, 0.717) is 0 Å². The summed E-state index contributed by atoms with van der Waals surface area (Å²) in [6.07, 6.45) is 0. The summed E-state index contributed by atoms with van der Waals surface area (Å²) < 4.78 is 0. The van der Waals surface area contributed by atoms with Crippen LogP contribution in [-0.4, -0.2) is 14.8 Å². The molecule has 408 valence electrons. The molecule has 15 aromatic carbocycles. The Morgan fingerprint density at radius 1 is 0.276 bits per heavy atom. The molecule has 0 aliphatic carbocycles. The van der Waals surface area contributed by atoms with E-state index >= 15 is 0 Å². The van der Waals surface area contributed by atoms with E-state index in [1.54, 1.807) is 0 Å². The minimum atomic E-state index is -2.79. The summed E-state index contributed by atoms with van der Waals surface area (Å²) in [5.41, 5.74) is 17.7. The highest BCUT2D eigenvalue weighted by molar-refractivity contribution is 7.20. The smallest absolute Gasteiger partial charge is 0.252 e. The van der Waals surface area contributed by atoms with Gasteiger partial charge in [0.15, 0.2) is 8.07 Å². The summed E-state index contributed by atoms with van der Waals surface area (Å²) in [4.78, 5) is 4.99. The Morgan fingerprint density at radius 3 is 1.28 bits per heavy atom. The molecule has 0 saturated heterocycles. The Labute approximate surface area is 510 Å². The van der Waals surface area contributed by atoms with E-state index < -0.39 is 8.07 Å². The Kier molecular flexibility index (Phi) is 12.9. The van der Waals surface area contributed by atoms with Gasteiger partial charge in [0.25, 0.3) is 6.71 Å². The second-order valence-electron chi connectivity index (χ2n) is 23.1. The monoisotopic (exact) mass is 1120 g/mol. The Hall–Kier alpha value is -10.8. The molecule has 15 aromatic rings. The second kappa shape index (κ2) is 21.7. The van der Waals surface area contributed by atoms with E-state index in [2.05, 4.69) is 356 Å². The van der Waals surface area contributed by atoms with Crippen molar-refractivity contribution in [1.82, 2.24) is 0 Å². The van der Waals surface area contributed by atoms with E-state index in [9.17, 15) is 0 Å². The number of anilines is 6. The fraction of sp³-hybridized carbons (Fsp3) is 0.0120. The maximum Gasteiger partial charge on any atom is 0.252 e. The largest absolute Gasteiger partial charge is 0.311 e. The molecule has 2 heterocycles. The molecule has 0 atom stereocenters. The van der Waals surface area contributed by atoms with Gasteiger partial charge in [-0.05, 0) is 170 Å². The van der Waals surface area contributed by atoms with Crippen LogP contribution in [0.2, 0.25) is 0 Å². The van der Waals surface area contributed by atoms with Crippen LogP contribution < -0.4 is 46.9 Å². The summed E-state index contributed by atoms with van der Waals surface area (Å²) in [6, 6.07) is 125. The third kappa shape index (κ3) is 8.63. The molecule has 0 aromatic heterocycles.